The molecule has 0 saturated carbocycles. The molecule has 0 saturated heterocycles. The van der Waals surface area contributed by atoms with Crippen molar-refractivity contribution in [2.45, 2.75) is 45.1 Å². The molecule has 17 heavy (non-hydrogen) atoms. The van der Waals surface area contributed by atoms with Crippen LogP contribution in [0.3, 0.4) is 0 Å². The van der Waals surface area contributed by atoms with E-state index < -0.39 is 0 Å². The van der Waals surface area contributed by atoms with E-state index in [2.05, 4.69) is 0 Å². The summed E-state index contributed by atoms with van der Waals surface area (Å²) >= 11 is 0. The number of Topliss-reactive ketones (excluding diaryl/α,β-unsaturated/α-hetero) is 1. The van der Waals surface area contributed by atoms with Gasteiger partial charge in [-0.05, 0) is 31.0 Å². The van der Waals surface area contributed by atoms with Crippen molar-refractivity contribution in [3.8, 4) is 5.75 Å². The van der Waals surface area contributed by atoms with Crippen molar-refractivity contribution in [2.75, 3.05) is 0 Å². The predicted molar refractivity (Wildman–Crippen MR) is 63.7 cm³/mol. The zero-order chi connectivity index (χ0) is 12.3. The molecule has 1 aliphatic rings. The molecule has 1 aromatic carbocycles. The number of hydrogen-bond donors (Lipinski definition) is 0. The van der Waals surface area contributed by atoms with Crippen LogP contribution in [0.1, 0.15) is 38.2 Å². The first-order valence-electron chi connectivity index (χ1n) is 6.16. The van der Waals surface area contributed by atoms with Crippen LogP contribution in [0.15, 0.2) is 18.2 Å². The van der Waals surface area contributed by atoms with E-state index in [9.17, 15) is 9.18 Å². The monoisotopic (exact) mass is 236 g/mol. The van der Waals surface area contributed by atoms with Gasteiger partial charge in [0.2, 0.25) is 0 Å². The molecular weight excluding hydrogens is 219 g/mol. The molecule has 0 fully saturated rings. The summed E-state index contributed by atoms with van der Waals surface area (Å²) in [6, 6.07) is 4.59. The molecular formula is C14H17FO2. The Labute approximate surface area is 101 Å². The van der Waals surface area contributed by atoms with Crippen LogP contribution in [-0.4, -0.2) is 11.9 Å². The second-order valence-electron chi connectivity index (χ2n) is 4.52. The smallest absolute Gasteiger partial charge is 0.133 e. The molecule has 2 nitrogen and oxygen atoms in total. The van der Waals surface area contributed by atoms with Gasteiger partial charge in [-0.25, -0.2) is 4.39 Å². The molecule has 1 aromatic rings. The van der Waals surface area contributed by atoms with Crippen LogP contribution in [0.4, 0.5) is 4.39 Å². The van der Waals surface area contributed by atoms with E-state index in [-0.39, 0.29) is 11.9 Å². The van der Waals surface area contributed by atoms with E-state index >= 15 is 0 Å². The molecule has 1 heterocycles. The highest BCUT2D eigenvalue weighted by molar-refractivity contribution is 5.78. The molecule has 0 N–H and O–H groups in total. The van der Waals surface area contributed by atoms with Gasteiger partial charge < -0.3 is 4.74 Å². The van der Waals surface area contributed by atoms with Gasteiger partial charge >= 0.3 is 0 Å². The number of fused-ring (bicyclic) bond motifs is 1. The minimum atomic E-state index is -0.227. The highest BCUT2D eigenvalue weighted by Gasteiger charge is 2.23. The lowest BCUT2D eigenvalue weighted by Crippen LogP contribution is -2.14. The maximum Gasteiger partial charge on any atom is 0.133 e. The summed E-state index contributed by atoms with van der Waals surface area (Å²) in [5.41, 5.74) is 0.915. The van der Waals surface area contributed by atoms with Gasteiger partial charge in [-0.3, -0.25) is 4.79 Å². The maximum absolute atomic E-state index is 13.0. The van der Waals surface area contributed by atoms with Crippen LogP contribution in [0.5, 0.6) is 5.75 Å². The summed E-state index contributed by atoms with van der Waals surface area (Å²) in [5.74, 6) is 0.827. The lowest BCUT2D eigenvalue weighted by Gasteiger charge is -2.09. The number of hydrogen-bond acceptors (Lipinski definition) is 2. The van der Waals surface area contributed by atoms with Crippen molar-refractivity contribution in [1.82, 2.24) is 0 Å². The number of benzene rings is 1. The Morgan fingerprint density at radius 2 is 2.29 bits per heavy atom. The van der Waals surface area contributed by atoms with Gasteiger partial charge in [0.25, 0.3) is 0 Å². The summed E-state index contributed by atoms with van der Waals surface area (Å²) in [4.78, 5) is 11.4. The fraction of sp³-hybridized carbons (Fsp3) is 0.500. The van der Waals surface area contributed by atoms with Crippen LogP contribution in [-0.2, 0) is 11.2 Å². The minimum absolute atomic E-state index is 0.0348. The Balaban J connectivity index is 1.86. The molecule has 1 aliphatic heterocycles. The van der Waals surface area contributed by atoms with E-state index in [1.807, 2.05) is 6.92 Å². The molecule has 0 amide bonds. The molecule has 3 heteroatoms. The first-order chi connectivity index (χ1) is 8.19. The predicted octanol–water partition coefficient (Wildman–Crippen LogP) is 3.28. The lowest BCUT2D eigenvalue weighted by atomic mass is 10.0. The molecule has 2 rings (SSSR count). The van der Waals surface area contributed by atoms with E-state index in [0.717, 1.165) is 24.2 Å². The van der Waals surface area contributed by atoms with Crippen molar-refractivity contribution in [2.24, 2.45) is 0 Å². The zero-order valence-corrected chi connectivity index (χ0v) is 10.0. The first kappa shape index (κ1) is 12.1. The van der Waals surface area contributed by atoms with Gasteiger partial charge in [-0.15, -0.1) is 0 Å². The molecule has 0 spiro atoms. The number of rotatable bonds is 5. The number of carbonyl (C=O) groups excluding carboxylic acids is 1. The second-order valence-corrected chi connectivity index (χ2v) is 4.52. The number of ketones is 1. The van der Waals surface area contributed by atoms with Crippen LogP contribution in [0.25, 0.3) is 0 Å². The van der Waals surface area contributed by atoms with Crippen molar-refractivity contribution in [3.05, 3.63) is 29.6 Å². The van der Waals surface area contributed by atoms with Crippen LogP contribution < -0.4 is 4.74 Å². The van der Waals surface area contributed by atoms with Gasteiger partial charge in [-0.2, -0.15) is 0 Å². The highest BCUT2D eigenvalue weighted by Crippen LogP contribution is 2.30. The average molecular weight is 236 g/mol. The number of ether oxygens (including phenoxy) is 1. The summed E-state index contributed by atoms with van der Waals surface area (Å²) in [6.45, 7) is 2.00. The van der Waals surface area contributed by atoms with E-state index in [1.165, 1.54) is 12.1 Å². The summed E-state index contributed by atoms with van der Waals surface area (Å²) in [5, 5.41) is 0. The Morgan fingerprint density at radius 1 is 1.47 bits per heavy atom. The van der Waals surface area contributed by atoms with E-state index in [4.69, 9.17) is 4.74 Å². The number of carbonyl (C=O) groups is 1. The highest BCUT2D eigenvalue weighted by atomic mass is 19.1. The van der Waals surface area contributed by atoms with E-state index in [1.54, 1.807) is 6.07 Å². The molecule has 0 aromatic heterocycles. The van der Waals surface area contributed by atoms with Crippen LogP contribution >= 0.6 is 0 Å². The summed E-state index contributed by atoms with van der Waals surface area (Å²) in [7, 11) is 0. The Bertz CT molecular complexity index is 415. The third-order valence-corrected chi connectivity index (χ3v) is 3.04. The van der Waals surface area contributed by atoms with Crippen molar-refractivity contribution in [3.63, 3.8) is 0 Å². The summed E-state index contributed by atoms with van der Waals surface area (Å²) in [6.07, 6.45) is 3.59. The fourth-order valence-corrected chi connectivity index (χ4v) is 2.18. The molecule has 0 aliphatic carbocycles. The quantitative estimate of drug-likeness (QED) is 0.784. The third kappa shape index (κ3) is 3.05. The molecule has 0 radical (unpaired) electrons. The zero-order valence-electron chi connectivity index (χ0n) is 10.0. The largest absolute Gasteiger partial charge is 0.490 e. The van der Waals surface area contributed by atoms with Crippen LogP contribution in [0.2, 0.25) is 0 Å². The van der Waals surface area contributed by atoms with Crippen molar-refractivity contribution < 1.29 is 13.9 Å². The Hall–Kier alpha value is -1.38. The van der Waals surface area contributed by atoms with Crippen LogP contribution in [0, 0.1) is 5.82 Å². The normalized spacial score (nSPS) is 17.6. The Morgan fingerprint density at radius 3 is 3.06 bits per heavy atom. The van der Waals surface area contributed by atoms with E-state index in [0.29, 0.717) is 25.0 Å². The lowest BCUT2D eigenvalue weighted by molar-refractivity contribution is -0.119. The van der Waals surface area contributed by atoms with Crippen molar-refractivity contribution >= 4 is 5.78 Å². The molecule has 92 valence electrons. The SMILES string of the molecule is CCCC(=O)CCC1Cc2cc(F)ccc2O1. The van der Waals surface area contributed by atoms with Gasteiger partial charge in [0.05, 0.1) is 0 Å². The van der Waals surface area contributed by atoms with Crippen molar-refractivity contribution in [1.29, 1.82) is 0 Å². The fourth-order valence-electron chi connectivity index (χ4n) is 2.18. The van der Waals surface area contributed by atoms with Gasteiger partial charge in [0.1, 0.15) is 23.5 Å². The topological polar surface area (TPSA) is 26.3 Å². The second kappa shape index (κ2) is 5.30. The third-order valence-electron chi connectivity index (χ3n) is 3.04. The van der Waals surface area contributed by atoms with Gasteiger partial charge in [-0.1, -0.05) is 6.92 Å². The minimum Gasteiger partial charge on any atom is -0.490 e. The summed E-state index contributed by atoms with van der Waals surface area (Å²) < 4.78 is 18.7. The average Bonchev–Trinajstić information content (AvgIpc) is 2.68. The maximum atomic E-state index is 13.0. The van der Waals surface area contributed by atoms with Gasteiger partial charge in [0, 0.05) is 24.8 Å². The molecule has 0 bridgehead atoms. The molecule has 1 atom stereocenters. The molecule has 1 unspecified atom stereocenters. The Kier molecular flexibility index (Phi) is 3.77. The van der Waals surface area contributed by atoms with Gasteiger partial charge in [0.15, 0.2) is 0 Å². The first-order valence-corrected chi connectivity index (χ1v) is 6.16. The standard InChI is InChI=1S/C14H17FO2/c1-2-3-12(16)5-6-13-9-10-8-11(15)4-7-14(10)17-13/h4,7-8,13H,2-3,5-6,9H2,1H3. The number of halogens is 1.